The summed E-state index contributed by atoms with van der Waals surface area (Å²) in [4.78, 5) is 0. The molecule has 0 saturated heterocycles. The van der Waals surface area contributed by atoms with Crippen LogP contribution in [0.2, 0.25) is 0 Å². The molecule has 0 spiro atoms. The molecule has 1 nitrogen and oxygen atoms in total. The predicted octanol–water partition coefficient (Wildman–Crippen LogP) is 1.53. The van der Waals surface area contributed by atoms with Crippen molar-refractivity contribution >= 4 is 0 Å². The molecule has 1 heteroatoms. The van der Waals surface area contributed by atoms with Crippen LogP contribution in [0, 0.1) is 11.8 Å². The fourth-order valence-electron chi connectivity index (χ4n) is 2.81. The highest BCUT2D eigenvalue weighted by atomic mass is 14.7. The van der Waals surface area contributed by atoms with Crippen molar-refractivity contribution in [3.63, 3.8) is 0 Å². The van der Waals surface area contributed by atoms with Gasteiger partial charge in [-0.2, -0.15) is 0 Å². The summed E-state index contributed by atoms with van der Waals surface area (Å²) in [5.74, 6) is 2.53. The van der Waals surface area contributed by atoms with Crippen LogP contribution in [0.5, 0.6) is 0 Å². The molecule has 0 unspecified atom stereocenters. The Labute approximate surface area is 72.6 Å². The molecule has 3 atom stereocenters. The molecule has 0 heterocycles. The molecule has 62 valence electrons. The molecule has 0 bridgehead atoms. The minimum absolute atomic E-state index is 0.805. The Morgan fingerprint density at radius 2 is 2.17 bits per heavy atom. The highest BCUT2D eigenvalue weighted by Gasteiger charge is 2.54. The van der Waals surface area contributed by atoms with Gasteiger partial charge in [-0.3, -0.25) is 0 Å². The summed E-state index contributed by atoms with van der Waals surface area (Å²) in [7, 11) is 0. The van der Waals surface area contributed by atoms with E-state index in [0.29, 0.717) is 0 Å². The van der Waals surface area contributed by atoms with E-state index in [9.17, 15) is 0 Å². The van der Waals surface area contributed by atoms with Gasteiger partial charge in [-0.15, -0.1) is 0 Å². The zero-order valence-electron chi connectivity index (χ0n) is 7.03. The lowest BCUT2D eigenvalue weighted by molar-refractivity contribution is 0.701. The van der Waals surface area contributed by atoms with E-state index in [2.05, 4.69) is 24.3 Å². The fraction of sp³-hybridized carbons (Fsp3) is 0.455. The first-order valence-corrected chi connectivity index (χ1v) is 4.69. The maximum Gasteiger partial charge on any atom is -0.00399 e. The van der Waals surface area contributed by atoms with Crippen molar-refractivity contribution < 1.29 is 0 Å². The van der Waals surface area contributed by atoms with Crippen LogP contribution in [-0.2, 0) is 6.42 Å². The van der Waals surface area contributed by atoms with E-state index in [-0.39, 0.29) is 0 Å². The number of rotatable bonds is 1. The van der Waals surface area contributed by atoms with Crippen molar-refractivity contribution in [2.75, 3.05) is 6.54 Å². The van der Waals surface area contributed by atoms with Crippen LogP contribution in [-0.4, -0.2) is 6.54 Å². The van der Waals surface area contributed by atoms with Crippen LogP contribution in [0.3, 0.4) is 0 Å². The van der Waals surface area contributed by atoms with E-state index < -0.39 is 0 Å². The van der Waals surface area contributed by atoms with Gasteiger partial charge in [0.15, 0.2) is 0 Å². The van der Waals surface area contributed by atoms with Crippen molar-refractivity contribution in [1.82, 2.24) is 0 Å². The molecule has 3 rings (SSSR count). The molecule has 1 fully saturated rings. The number of benzene rings is 1. The SMILES string of the molecule is NC[C@@H]1[C@H]2Cc3ccccc3[C@@H]12. The molecule has 0 amide bonds. The third kappa shape index (κ3) is 0.674. The van der Waals surface area contributed by atoms with Gasteiger partial charge in [0.2, 0.25) is 0 Å². The van der Waals surface area contributed by atoms with Gasteiger partial charge < -0.3 is 5.73 Å². The molecular formula is C11H13N. The molecule has 1 aromatic carbocycles. The number of nitrogens with two attached hydrogens (primary N) is 1. The topological polar surface area (TPSA) is 26.0 Å². The monoisotopic (exact) mass is 159 g/mol. The second-order valence-electron chi connectivity index (χ2n) is 3.99. The Bertz CT molecular complexity index is 319. The van der Waals surface area contributed by atoms with Crippen LogP contribution in [0.4, 0.5) is 0 Å². The Morgan fingerprint density at radius 1 is 1.33 bits per heavy atom. The number of hydrogen-bond acceptors (Lipinski definition) is 1. The van der Waals surface area contributed by atoms with Gasteiger partial charge in [0.25, 0.3) is 0 Å². The van der Waals surface area contributed by atoms with Crippen LogP contribution < -0.4 is 5.73 Å². The van der Waals surface area contributed by atoms with Crippen molar-refractivity contribution in [1.29, 1.82) is 0 Å². The summed E-state index contributed by atoms with van der Waals surface area (Å²) >= 11 is 0. The maximum absolute atomic E-state index is 5.68. The normalized spacial score (nSPS) is 35.9. The predicted molar refractivity (Wildman–Crippen MR) is 48.9 cm³/mol. The van der Waals surface area contributed by atoms with E-state index in [0.717, 1.165) is 24.3 Å². The molecule has 1 saturated carbocycles. The van der Waals surface area contributed by atoms with E-state index in [1.807, 2.05) is 0 Å². The molecule has 2 N–H and O–H groups in total. The molecule has 1 aromatic rings. The minimum atomic E-state index is 0.805. The molecule has 0 aliphatic heterocycles. The van der Waals surface area contributed by atoms with Gasteiger partial charge in [0.05, 0.1) is 0 Å². The van der Waals surface area contributed by atoms with Crippen molar-refractivity contribution in [3.8, 4) is 0 Å². The summed E-state index contributed by atoms with van der Waals surface area (Å²) in [6, 6.07) is 8.82. The first kappa shape index (κ1) is 6.67. The zero-order chi connectivity index (χ0) is 8.13. The first-order valence-electron chi connectivity index (χ1n) is 4.69. The minimum Gasteiger partial charge on any atom is -0.330 e. The first-order chi connectivity index (χ1) is 5.92. The third-order valence-electron chi connectivity index (χ3n) is 3.47. The molecule has 2 aliphatic carbocycles. The van der Waals surface area contributed by atoms with Crippen molar-refractivity contribution in [2.24, 2.45) is 17.6 Å². The zero-order valence-corrected chi connectivity index (χ0v) is 7.03. The summed E-state index contributed by atoms with van der Waals surface area (Å²) in [6.07, 6.45) is 1.28. The summed E-state index contributed by atoms with van der Waals surface area (Å²) in [6.45, 7) is 0.879. The van der Waals surface area contributed by atoms with Gasteiger partial charge in [-0.05, 0) is 41.8 Å². The van der Waals surface area contributed by atoms with Gasteiger partial charge in [0.1, 0.15) is 0 Å². The smallest absolute Gasteiger partial charge is 0.00399 e. The lowest BCUT2D eigenvalue weighted by Gasteiger charge is -2.04. The highest BCUT2D eigenvalue weighted by molar-refractivity contribution is 5.43. The summed E-state index contributed by atoms with van der Waals surface area (Å²) < 4.78 is 0. The van der Waals surface area contributed by atoms with Gasteiger partial charge >= 0.3 is 0 Å². The Hall–Kier alpha value is -0.820. The lowest BCUT2D eigenvalue weighted by Crippen LogP contribution is -2.06. The van der Waals surface area contributed by atoms with Crippen molar-refractivity contribution in [3.05, 3.63) is 35.4 Å². The van der Waals surface area contributed by atoms with Gasteiger partial charge in [-0.1, -0.05) is 24.3 Å². The average molecular weight is 159 g/mol. The third-order valence-corrected chi connectivity index (χ3v) is 3.47. The second-order valence-corrected chi connectivity index (χ2v) is 3.99. The van der Waals surface area contributed by atoms with Crippen molar-refractivity contribution in [2.45, 2.75) is 12.3 Å². The lowest BCUT2D eigenvalue weighted by atomic mass is 10.0. The quantitative estimate of drug-likeness (QED) is 0.660. The number of fused-ring (bicyclic) bond motifs is 3. The number of hydrogen-bond donors (Lipinski definition) is 1. The summed E-state index contributed by atoms with van der Waals surface area (Å²) in [5, 5.41) is 0. The standard InChI is InChI=1S/C11H13N/c12-6-10-9-5-7-3-1-2-4-8(7)11(9)10/h1-4,9-11H,5-6,12H2/t9-,10-,11-/m1/s1. The Balaban J connectivity index is 2.00. The Kier molecular flexibility index (Phi) is 1.17. The molecule has 0 radical (unpaired) electrons. The van der Waals surface area contributed by atoms with E-state index in [1.54, 1.807) is 11.1 Å². The maximum atomic E-state index is 5.68. The average Bonchev–Trinajstić information content (AvgIpc) is 2.68. The van der Waals surface area contributed by atoms with Crippen LogP contribution in [0.25, 0.3) is 0 Å². The van der Waals surface area contributed by atoms with E-state index in [4.69, 9.17) is 5.73 Å². The molecule has 0 aromatic heterocycles. The van der Waals surface area contributed by atoms with E-state index in [1.165, 1.54) is 6.42 Å². The highest BCUT2D eigenvalue weighted by Crippen LogP contribution is 2.60. The van der Waals surface area contributed by atoms with E-state index >= 15 is 0 Å². The van der Waals surface area contributed by atoms with Crippen LogP contribution in [0.1, 0.15) is 17.0 Å². The van der Waals surface area contributed by atoms with Crippen LogP contribution in [0.15, 0.2) is 24.3 Å². The molecular weight excluding hydrogens is 146 g/mol. The second kappa shape index (κ2) is 2.11. The fourth-order valence-corrected chi connectivity index (χ4v) is 2.81. The van der Waals surface area contributed by atoms with Crippen LogP contribution >= 0.6 is 0 Å². The van der Waals surface area contributed by atoms with Gasteiger partial charge in [0, 0.05) is 0 Å². The molecule has 2 aliphatic rings. The Morgan fingerprint density at radius 3 is 3.00 bits per heavy atom. The van der Waals surface area contributed by atoms with Gasteiger partial charge in [-0.25, -0.2) is 0 Å². The summed E-state index contributed by atoms with van der Waals surface area (Å²) in [5.41, 5.74) is 8.83. The molecule has 12 heavy (non-hydrogen) atoms. The largest absolute Gasteiger partial charge is 0.330 e.